The highest BCUT2D eigenvalue weighted by Crippen LogP contribution is 2.28. The second-order valence-electron chi connectivity index (χ2n) is 8.28. The van der Waals surface area contributed by atoms with Crippen molar-refractivity contribution in [2.45, 2.75) is 39.7 Å². The van der Waals surface area contributed by atoms with Gasteiger partial charge in [0.25, 0.3) is 17.5 Å². The number of carbonyl (C=O) groups excluding carboxylic acids is 2. The number of carbonyl (C=O) groups is 2. The molecular weight excluding hydrogens is 468 g/mol. The monoisotopic (exact) mass is 496 g/mol. The van der Waals surface area contributed by atoms with Crippen LogP contribution in [0.25, 0.3) is 0 Å². The molecule has 9 nitrogen and oxygen atoms in total. The number of nitrogens with one attached hydrogen (secondary N) is 2. The molecule has 0 saturated heterocycles. The van der Waals surface area contributed by atoms with Crippen molar-refractivity contribution in [3.8, 4) is 5.75 Å². The van der Waals surface area contributed by atoms with Crippen molar-refractivity contribution in [2.75, 3.05) is 13.1 Å². The number of thiazole rings is 1. The number of nitro benzene ring substituents is 1. The normalized spacial score (nSPS) is 10.7. The summed E-state index contributed by atoms with van der Waals surface area (Å²) in [4.78, 5) is 39.2. The first kappa shape index (κ1) is 25.8. The molecule has 1 aromatic heterocycles. The van der Waals surface area contributed by atoms with Crippen molar-refractivity contribution in [1.82, 2.24) is 15.6 Å². The molecule has 10 heteroatoms. The lowest BCUT2D eigenvalue weighted by molar-refractivity contribution is -0.384. The van der Waals surface area contributed by atoms with E-state index in [1.54, 1.807) is 5.38 Å². The van der Waals surface area contributed by atoms with E-state index in [0.29, 0.717) is 36.1 Å². The van der Waals surface area contributed by atoms with Crippen LogP contribution in [0.2, 0.25) is 0 Å². The quantitative estimate of drug-likeness (QED) is 0.227. The van der Waals surface area contributed by atoms with Gasteiger partial charge in [-0.25, -0.2) is 4.98 Å². The molecule has 0 spiro atoms. The fourth-order valence-electron chi connectivity index (χ4n) is 3.31. The fourth-order valence-corrected chi connectivity index (χ4v) is 4.00. The van der Waals surface area contributed by atoms with Crippen LogP contribution in [0.1, 0.15) is 63.2 Å². The predicted molar refractivity (Wildman–Crippen MR) is 134 cm³/mol. The van der Waals surface area contributed by atoms with E-state index in [9.17, 15) is 19.7 Å². The summed E-state index contributed by atoms with van der Waals surface area (Å²) in [7, 11) is 0. The molecule has 0 fully saturated rings. The molecule has 0 aliphatic heterocycles. The summed E-state index contributed by atoms with van der Waals surface area (Å²) in [6.07, 6.45) is 0.498. The third-order valence-corrected chi connectivity index (χ3v) is 5.99. The Morgan fingerprint density at radius 3 is 2.57 bits per heavy atom. The Kier molecular flexibility index (Phi) is 8.91. The van der Waals surface area contributed by atoms with Crippen molar-refractivity contribution in [1.29, 1.82) is 0 Å². The van der Waals surface area contributed by atoms with Crippen molar-refractivity contribution in [3.05, 3.63) is 85.4 Å². The second kappa shape index (κ2) is 12.1. The highest BCUT2D eigenvalue weighted by molar-refractivity contribution is 7.09. The minimum Gasteiger partial charge on any atom is -0.486 e. The molecule has 0 bridgehead atoms. The first-order chi connectivity index (χ1) is 16.7. The molecule has 0 atom stereocenters. The Morgan fingerprint density at radius 2 is 1.86 bits per heavy atom. The lowest BCUT2D eigenvalue weighted by Gasteiger charge is -2.14. The van der Waals surface area contributed by atoms with Crippen LogP contribution in [0.4, 0.5) is 5.69 Å². The molecule has 1 heterocycles. The minimum absolute atomic E-state index is 0.141. The highest BCUT2D eigenvalue weighted by Gasteiger charge is 2.14. The molecule has 0 unspecified atom stereocenters. The molecule has 0 aliphatic rings. The van der Waals surface area contributed by atoms with Gasteiger partial charge in [-0.05, 0) is 42.5 Å². The molecule has 0 aliphatic carbocycles. The molecule has 3 aromatic rings. The number of aryl methyl sites for hydroxylation is 1. The fraction of sp³-hybridized carbons (Fsp3) is 0.320. The Hall–Kier alpha value is -3.79. The number of ether oxygens (including phenoxy) is 1. The van der Waals surface area contributed by atoms with E-state index in [0.717, 1.165) is 16.9 Å². The Balaban J connectivity index is 1.42. The van der Waals surface area contributed by atoms with Gasteiger partial charge in [-0.15, -0.1) is 11.3 Å². The smallest absolute Gasteiger partial charge is 0.270 e. The zero-order valence-electron chi connectivity index (χ0n) is 19.9. The van der Waals surface area contributed by atoms with Crippen LogP contribution < -0.4 is 15.4 Å². The van der Waals surface area contributed by atoms with Crippen LogP contribution in [0.3, 0.4) is 0 Å². The number of rotatable bonds is 11. The number of amides is 2. The first-order valence-corrected chi connectivity index (χ1v) is 12.1. The summed E-state index contributed by atoms with van der Waals surface area (Å²) in [5, 5.41) is 18.7. The van der Waals surface area contributed by atoms with Crippen LogP contribution in [0.5, 0.6) is 5.75 Å². The SMILES string of the molecule is Cc1ccc(C(C)C)c(OCc2nc(C(=O)NCCCNC(=O)c3cccc([N+](=O)[O-])c3)cs2)c1. The van der Waals surface area contributed by atoms with E-state index in [1.807, 2.05) is 13.0 Å². The second-order valence-corrected chi connectivity index (χ2v) is 9.23. The molecular formula is C25H28N4O5S. The van der Waals surface area contributed by atoms with Gasteiger partial charge in [-0.2, -0.15) is 0 Å². The van der Waals surface area contributed by atoms with E-state index in [2.05, 4.69) is 41.6 Å². The summed E-state index contributed by atoms with van der Waals surface area (Å²) in [6.45, 7) is 7.18. The molecule has 184 valence electrons. The molecule has 0 radical (unpaired) electrons. The lowest BCUT2D eigenvalue weighted by atomic mass is 10.0. The number of nitrogens with zero attached hydrogens (tertiary/aromatic N) is 2. The zero-order chi connectivity index (χ0) is 25.4. The first-order valence-electron chi connectivity index (χ1n) is 11.2. The Morgan fingerprint density at radius 1 is 1.11 bits per heavy atom. The van der Waals surface area contributed by atoms with Gasteiger partial charge in [-0.1, -0.05) is 32.0 Å². The molecule has 2 aromatic carbocycles. The van der Waals surface area contributed by atoms with E-state index < -0.39 is 10.8 Å². The summed E-state index contributed by atoms with van der Waals surface area (Å²) < 4.78 is 5.99. The average molecular weight is 497 g/mol. The maximum atomic E-state index is 12.4. The number of hydrogen-bond donors (Lipinski definition) is 2. The number of hydrogen-bond acceptors (Lipinski definition) is 7. The van der Waals surface area contributed by atoms with Gasteiger partial charge in [0.1, 0.15) is 23.1 Å². The third kappa shape index (κ3) is 7.35. The maximum absolute atomic E-state index is 12.4. The van der Waals surface area contributed by atoms with Gasteiger partial charge in [0.2, 0.25) is 0 Å². The van der Waals surface area contributed by atoms with Crippen LogP contribution in [-0.2, 0) is 6.61 Å². The average Bonchev–Trinajstić information content (AvgIpc) is 3.31. The summed E-state index contributed by atoms with van der Waals surface area (Å²) in [5.74, 6) is 0.460. The van der Waals surface area contributed by atoms with Crippen molar-refractivity contribution < 1.29 is 19.2 Å². The van der Waals surface area contributed by atoms with Crippen LogP contribution >= 0.6 is 11.3 Å². The van der Waals surface area contributed by atoms with Gasteiger partial charge in [0, 0.05) is 36.2 Å². The number of benzene rings is 2. The number of nitro groups is 1. The maximum Gasteiger partial charge on any atom is 0.270 e. The standard InChI is InChI=1S/C25H28N4O5S/c1-16(2)20-9-8-17(3)12-22(20)34-14-23-28-21(15-35-23)25(31)27-11-5-10-26-24(30)18-6-4-7-19(13-18)29(32)33/h4,6-9,12-13,15-16H,5,10-11,14H2,1-3H3,(H,26,30)(H,27,31). The van der Waals surface area contributed by atoms with E-state index in [-0.39, 0.29) is 23.8 Å². The zero-order valence-corrected chi connectivity index (χ0v) is 20.7. The minimum atomic E-state index is -0.548. The largest absolute Gasteiger partial charge is 0.486 e. The predicted octanol–water partition coefficient (Wildman–Crippen LogP) is 4.61. The van der Waals surface area contributed by atoms with E-state index >= 15 is 0 Å². The van der Waals surface area contributed by atoms with Gasteiger partial charge < -0.3 is 15.4 Å². The Bertz CT molecular complexity index is 1210. The topological polar surface area (TPSA) is 123 Å². The van der Waals surface area contributed by atoms with Gasteiger partial charge in [-0.3, -0.25) is 19.7 Å². The summed E-state index contributed by atoms with van der Waals surface area (Å²) >= 11 is 1.36. The molecule has 0 saturated carbocycles. The summed E-state index contributed by atoms with van der Waals surface area (Å²) in [6, 6.07) is 11.7. The number of non-ortho nitro benzene ring substituents is 1. The van der Waals surface area contributed by atoms with Gasteiger partial charge in [0.05, 0.1) is 4.92 Å². The van der Waals surface area contributed by atoms with Gasteiger partial charge in [0.15, 0.2) is 0 Å². The van der Waals surface area contributed by atoms with Crippen molar-refractivity contribution in [2.24, 2.45) is 0 Å². The van der Waals surface area contributed by atoms with Crippen LogP contribution in [0, 0.1) is 17.0 Å². The molecule has 3 rings (SSSR count). The summed E-state index contributed by atoms with van der Waals surface area (Å²) in [5.41, 5.74) is 2.64. The molecule has 2 N–H and O–H groups in total. The van der Waals surface area contributed by atoms with Crippen LogP contribution in [-0.4, -0.2) is 34.8 Å². The number of aromatic nitrogens is 1. The lowest BCUT2D eigenvalue weighted by Crippen LogP contribution is -2.30. The van der Waals surface area contributed by atoms with E-state index in [4.69, 9.17) is 4.74 Å². The van der Waals surface area contributed by atoms with Crippen molar-refractivity contribution in [3.63, 3.8) is 0 Å². The van der Waals surface area contributed by atoms with Gasteiger partial charge >= 0.3 is 0 Å². The van der Waals surface area contributed by atoms with Crippen LogP contribution in [0.15, 0.2) is 47.8 Å². The third-order valence-electron chi connectivity index (χ3n) is 5.17. The highest BCUT2D eigenvalue weighted by atomic mass is 32.1. The van der Waals surface area contributed by atoms with Crippen molar-refractivity contribution >= 4 is 28.8 Å². The molecule has 35 heavy (non-hydrogen) atoms. The Labute approximate surface area is 207 Å². The molecule has 2 amide bonds. The van der Waals surface area contributed by atoms with E-state index in [1.165, 1.54) is 35.6 Å².